The number of hydrogen-bond acceptors (Lipinski definition) is 3. The molecular weight excluding hydrogens is 274 g/mol. The molecule has 2 fully saturated rings. The molecule has 0 unspecified atom stereocenters. The van der Waals surface area contributed by atoms with E-state index in [0.29, 0.717) is 6.04 Å². The lowest BCUT2D eigenvalue weighted by molar-refractivity contribution is -0.0522. The minimum absolute atomic E-state index is 0.0461. The molecule has 2 heterocycles. The fraction of sp³-hybridized carbons (Fsp3) is 0.684. The Bertz CT molecular complexity index is 522. The van der Waals surface area contributed by atoms with Crippen molar-refractivity contribution in [2.24, 2.45) is 0 Å². The van der Waals surface area contributed by atoms with Crippen molar-refractivity contribution in [1.82, 2.24) is 4.90 Å². The van der Waals surface area contributed by atoms with Gasteiger partial charge in [-0.1, -0.05) is 31.0 Å². The van der Waals surface area contributed by atoms with E-state index in [4.69, 9.17) is 4.74 Å². The van der Waals surface area contributed by atoms with Gasteiger partial charge in [-0.3, -0.25) is 4.90 Å². The smallest absolute Gasteiger partial charge is 0.123 e. The van der Waals surface area contributed by atoms with Crippen molar-refractivity contribution in [2.75, 3.05) is 13.1 Å². The van der Waals surface area contributed by atoms with Gasteiger partial charge in [0.15, 0.2) is 0 Å². The summed E-state index contributed by atoms with van der Waals surface area (Å²) in [6.45, 7) is 2.15. The Morgan fingerprint density at radius 1 is 1.05 bits per heavy atom. The highest BCUT2D eigenvalue weighted by atomic mass is 16.5. The molecule has 1 saturated carbocycles. The molecule has 0 amide bonds. The zero-order chi connectivity index (χ0) is 15.0. The van der Waals surface area contributed by atoms with Crippen molar-refractivity contribution in [3.05, 3.63) is 29.8 Å². The lowest BCUT2D eigenvalue weighted by atomic mass is 9.81. The largest absolute Gasteiger partial charge is 0.487 e. The number of aliphatic hydroxyl groups excluding tert-OH is 1. The average Bonchev–Trinajstić information content (AvgIpc) is 2.56. The molecule has 0 radical (unpaired) electrons. The number of hydrogen-bond donors (Lipinski definition) is 1. The number of para-hydroxylation sites is 1. The lowest BCUT2D eigenvalue weighted by Crippen LogP contribution is -2.55. The molecule has 2 aliphatic heterocycles. The van der Waals surface area contributed by atoms with Gasteiger partial charge in [-0.05, 0) is 50.2 Å². The summed E-state index contributed by atoms with van der Waals surface area (Å²) in [6, 6.07) is 8.88. The molecule has 0 aromatic heterocycles. The van der Waals surface area contributed by atoms with Crippen molar-refractivity contribution in [2.45, 2.75) is 69.1 Å². The van der Waals surface area contributed by atoms with Gasteiger partial charge >= 0.3 is 0 Å². The van der Waals surface area contributed by atoms with E-state index in [-0.39, 0.29) is 11.7 Å². The minimum atomic E-state index is -0.115. The van der Waals surface area contributed by atoms with Gasteiger partial charge in [0.1, 0.15) is 11.4 Å². The van der Waals surface area contributed by atoms with Gasteiger partial charge in [0.25, 0.3) is 0 Å². The number of fused-ring (bicyclic) bond motifs is 1. The number of likely N-dealkylation sites (tertiary alicyclic amines) is 1. The highest BCUT2D eigenvalue weighted by Crippen LogP contribution is 2.40. The zero-order valence-corrected chi connectivity index (χ0v) is 13.3. The Balaban J connectivity index is 1.42. The molecule has 4 rings (SSSR count). The monoisotopic (exact) mass is 301 g/mol. The maximum Gasteiger partial charge on any atom is 0.123 e. The molecule has 2 atom stereocenters. The molecule has 1 N–H and O–H groups in total. The molecule has 1 aliphatic carbocycles. The van der Waals surface area contributed by atoms with Crippen LogP contribution in [-0.4, -0.2) is 40.8 Å². The number of nitrogens with zero attached hydrogens (tertiary/aromatic N) is 1. The first-order valence-corrected chi connectivity index (χ1v) is 8.95. The first-order valence-electron chi connectivity index (χ1n) is 8.95. The molecule has 22 heavy (non-hydrogen) atoms. The second kappa shape index (κ2) is 5.86. The van der Waals surface area contributed by atoms with Crippen LogP contribution in [0, 0.1) is 0 Å². The van der Waals surface area contributed by atoms with E-state index < -0.39 is 0 Å². The molecule has 120 valence electrons. The zero-order valence-electron chi connectivity index (χ0n) is 13.3. The Labute approximate surface area is 133 Å². The van der Waals surface area contributed by atoms with Crippen molar-refractivity contribution in [3.8, 4) is 5.75 Å². The fourth-order valence-electron chi connectivity index (χ4n) is 4.59. The van der Waals surface area contributed by atoms with Gasteiger partial charge in [-0.2, -0.15) is 0 Å². The van der Waals surface area contributed by atoms with E-state index in [1.807, 2.05) is 0 Å². The van der Waals surface area contributed by atoms with Crippen LogP contribution < -0.4 is 4.74 Å². The fourth-order valence-corrected chi connectivity index (χ4v) is 4.59. The average molecular weight is 301 g/mol. The van der Waals surface area contributed by atoms with Crippen LogP contribution in [0.25, 0.3) is 0 Å². The maximum absolute atomic E-state index is 10.3. The second-order valence-corrected chi connectivity index (χ2v) is 7.35. The second-order valence-electron chi connectivity index (χ2n) is 7.35. The van der Waals surface area contributed by atoms with Crippen LogP contribution in [-0.2, 0) is 6.42 Å². The van der Waals surface area contributed by atoms with Gasteiger partial charge in [0.05, 0.1) is 6.10 Å². The highest BCUT2D eigenvalue weighted by Gasteiger charge is 2.41. The Morgan fingerprint density at radius 3 is 2.64 bits per heavy atom. The van der Waals surface area contributed by atoms with E-state index >= 15 is 0 Å². The van der Waals surface area contributed by atoms with Crippen LogP contribution in [0.4, 0.5) is 0 Å². The topological polar surface area (TPSA) is 32.7 Å². The minimum Gasteiger partial charge on any atom is -0.487 e. The van der Waals surface area contributed by atoms with Gasteiger partial charge in [-0.15, -0.1) is 0 Å². The standard InChI is InChI=1S/C19H27NO2/c21-17-7-3-2-6-16(17)20-13-11-19(12-14-20)10-9-15-5-1-4-8-18(15)22-19/h1,4-5,8,16-17,21H,2-3,6-7,9-14H2/t16-,17-/m1/s1. The van der Waals surface area contributed by atoms with Crippen LogP contribution in [0.3, 0.4) is 0 Å². The number of piperidine rings is 1. The van der Waals surface area contributed by atoms with E-state index in [1.165, 1.54) is 18.4 Å². The summed E-state index contributed by atoms with van der Waals surface area (Å²) in [5, 5.41) is 10.3. The lowest BCUT2D eigenvalue weighted by Gasteiger charge is -2.48. The molecule has 0 bridgehead atoms. The van der Waals surface area contributed by atoms with Gasteiger partial charge in [0.2, 0.25) is 0 Å². The van der Waals surface area contributed by atoms with Crippen LogP contribution in [0.2, 0.25) is 0 Å². The normalized spacial score (nSPS) is 31.5. The van der Waals surface area contributed by atoms with E-state index in [2.05, 4.69) is 29.2 Å². The Hall–Kier alpha value is -1.06. The third-order valence-corrected chi connectivity index (χ3v) is 6.02. The third kappa shape index (κ3) is 2.65. The summed E-state index contributed by atoms with van der Waals surface area (Å²) >= 11 is 0. The van der Waals surface area contributed by atoms with E-state index in [1.54, 1.807) is 0 Å². The predicted octanol–water partition coefficient (Wildman–Crippen LogP) is 3.15. The molecule has 1 aromatic rings. The van der Waals surface area contributed by atoms with Crippen LogP contribution in [0.1, 0.15) is 50.5 Å². The predicted molar refractivity (Wildman–Crippen MR) is 87.2 cm³/mol. The van der Waals surface area contributed by atoms with Gasteiger partial charge in [-0.25, -0.2) is 0 Å². The van der Waals surface area contributed by atoms with Crippen LogP contribution >= 0.6 is 0 Å². The molecule has 3 nitrogen and oxygen atoms in total. The summed E-state index contributed by atoms with van der Waals surface area (Å²) in [5.74, 6) is 1.10. The summed E-state index contributed by atoms with van der Waals surface area (Å²) in [6.07, 6.45) is 8.98. The maximum atomic E-state index is 10.3. The van der Waals surface area contributed by atoms with E-state index in [9.17, 15) is 5.11 Å². The summed E-state index contributed by atoms with van der Waals surface area (Å²) in [7, 11) is 0. The summed E-state index contributed by atoms with van der Waals surface area (Å²) in [5.41, 5.74) is 1.41. The molecule has 1 spiro atoms. The summed E-state index contributed by atoms with van der Waals surface area (Å²) in [4.78, 5) is 2.53. The number of aliphatic hydroxyl groups is 1. The quantitative estimate of drug-likeness (QED) is 0.865. The van der Waals surface area contributed by atoms with Crippen LogP contribution in [0.15, 0.2) is 24.3 Å². The number of ether oxygens (including phenoxy) is 1. The molecule has 3 heteroatoms. The molecule has 3 aliphatic rings. The first kappa shape index (κ1) is 14.5. The highest BCUT2D eigenvalue weighted by molar-refractivity contribution is 5.36. The van der Waals surface area contributed by atoms with Gasteiger partial charge < -0.3 is 9.84 Å². The first-order chi connectivity index (χ1) is 10.8. The van der Waals surface area contributed by atoms with E-state index in [0.717, 1.165) is 57.4 Å². The van der Waals surface area contributed by atoms with Crippen molar-refractivity contribution in [3.63, 3.8) is 0 Å². The van der Waals surface area contributed by atoms with Crippen molar-refractivity contribution >= 4 is 0 Å². The van der Waals surface area contributed by atoms with Crippen molar-refractivity contribution in [1.29, 1.82) is 0 Å². The number of aryl methyl sites for hydroxylation is 1. The third-order valence-electron chi connectivity index (χ3n) is 6.02. The molecular formula is C19H27NO2. The van der Waals surface area contributed by atoms with Crippen LogP contribution in [0.5, 0.6) is 5.75 Å². The number of benzene rings is 1. The Morgan fingerprint density at radius 2 is 1.82 bits per heavy atom. The van der Waals surface area contributed by atoms with Crippen molar-refractivity contribution < 1.29 is 9.84 Å². The van der Waals surface area contributed by atoms with Gasteiger partial charge in [0, 0.05) is 19.1 Å². The Kier molecular flexibility index (Phi) is 3.87. The molecule has 1 saturated heterocycles. The number of rotatable bonds is 1. The summed E-state index contributed by atoms with van der Waals surface area (Å²) < 4.78 is 6.43. The molecule has 1 aromatic carbocycles. The SMILES string of the molecule is O[C@@H]1CCCC[C@H]1N1CCC2(CCc3ccccc3O2)CC1.